The van der Waals surface area contributed by atoms with Crippen LogP contribution in [0, 0.1) is 34.0 Å². The van der Waals surface area contributed by atoms with Crippen LogP contribution in [0.3, 0.4) is 0 Å². The van der Waals surface area contributed by atoms with Crippen molar-refractivity contribution in [2.75, 3.05) is 19.6 Å². The number of carbonyl (C=O) groups excluding carboxylic acids is 5. The second kappa shape index (κ2) is 13.9. The van der Waals surface area contributed by atoms with Gasteiger partial charge in [-0.25, -0.2) is 13.2 Å². The van der Waals surface area contributed by atoms with Gasteiger partial charge in [-0.15, -0.1) is 17.9 Å². The molecular weight excluding hydrogens is 693 g/mol. The summed E-state index contributed by atoms with van der Waals surface area (Å²) >= 11 is 1.38. The summed E-state index contributed by atoms with van der Waals surface area (Å²) in [7, 11) is -3.69. The van der Waals surface area contributed by atoms with E-state index in [-0.39, 0.29) is 42.8 Å². The van der Waals surface area contributed by atoms with Crippen molar-refractivity contribution in [3.05, 3.63) is 29.0 Å². The van der Waals surface area contributed by atoms with Gasteiger partial charge in [0, 0.05) is 37.1 Å². The van der Waals surface area contributed by atoms with Crippen LogP contribution in [0.25, 0.3) is 0 Å². The van der Waals surface area contributed by atoms with Crippen LogP contribution < -0.4 is 21.3 Å². The van der Waals surface area contributed by atoms with E-state index in [2.05, 4.69) is 41.7 Å². The average Bonchev–Trinajstić information content (AvgIpc) is 3.70. The molecule has 1 saturated heterocycles. The van der Waals surface area contributed by atoms with E-state index in [1.165, 1.54) is 26.6 Å². The van der Waals surface area contributed by atoms with E-state index in [0.29, 0.717) is 17.9 Å². The number of nitrogens with zero attached hydrogens (tertiary/aromatic N) is 2. The van der Waals surface area contributed by atoms with Gasteiger partial charge in [-0.2, -0.15) is 4.31 Å². The Morgan fingerprint density at radius 2 is 1.71 bits per heavy atom. The Morgan fingerprint density at radius 1 is 1.04 bits per heavy atom. The molecule has 15 heteroatoms. The van der Waals surface area contributed by atoms with E-state index >= 15 is 0 Å². The molecule has 6 atom stereocenters. The van der Waals surface area contributed by atoms with E-state index in [0.717, 1.165) is 17.7 Å². The summed E-state index contributed by atoms with van der Waals surface area (Å²) in [6.07, 6.45) is 3.65. The highest BCUT2D eigenvalue weighted by atomic mass is 32.2. The number of ketones is 1. The monoisotopic (exact) mass is 746 g/mol. The summed E-state index contributed by atoms with van der Waals surface area (Å²) < 4.78 is 27.8. The molecule has 5 amide bonds. The third kappa shape index (κ3) is 8.04. The average molecular weight is 747 g/mol. The quantitative estimate of drug-likeness (QED) is 0.177. The Bertz CT molecular complexity index is 1690. The van der Waals surface area contributed by atoms with E-state index in [1.54, 1.807) is 11.4 Å². The van der Waals surface area contributed by atoms with Crippen LogP contribution in [0.5, 0.6) is 0 Å². The highest BCUT2D eigenvalue weighted by Crippen LogP contribution is 2.65. The highest BCUT2D eigenvalue weighted by molar-refractivity contribution is 7.89. The Morgan fingerprint density at radius 3 is 2.27 bits per heavy atom. The van der Waals surface area contributed by atoms with Crippen LogP contribution in [0.4, 0.5) is 4.79 Å². The normalized spacial score (nSPS) is 25.1. The SMILES string of the molecule is C=CCNC(=O)C(=O)C(CC1CC1)NC(=O)[C@@H]1[C@@H]2[C@H](CN1C(=O)[C@@H](NC(=O)N[C@H](CN1Cc3sccc3S1(=O)=O)C(C)(C)C)C(C)(C)C)C2(C)C. The molecule has 0 spiro atoms. The van der Waals surface area contributed by atoms with Gasteiger partial charge >= 0.3 is 6.03 Å². The second-order valence-corrected chi connectivity index (χ2v) is 20.2. The first-order valence-corrected chi connectivity index (χ1v) is 20.1. The van der Waals surface area contributed by atoms with Crippen LogP contribution in [-0.4, -0.2) is 91.0 Å². The largest absolute Gasteiger partial charge is 0.346 e. The molecule has 2 saturated carbocycles. The zero-order valence-corrected chi connectivity index (χ0v) is 32.6. The molecule has 3 heterocycles. The molecule has 5 rings (SSSR count). The van der Waals surface area contributed by atoms with Gasteiger partial charge in [-0.1, -0.05) is 74.3 Å². The van der Waals surface area contributed by atoms with Crippen molar-refractivity contribution in [3.8, 4) is 0 Å². The Hall–Kier alpha value is -3.30. The summed E-state index contributed by atoms with van der Waals surface area (Å²) in [5.74, 6) is -2.29. The van der Waals surface area contributed by atoms with Crippen LogP contribution in [0.2, 0.25) is 0 Å². The number of sulfonamides is 1. The lowest BCUT2D eigenvalue weighted by Crippen LogP contribution is -2.62. The molecule has 2 aliphatic heterocycles. The van der Waals surface area contributed by atoms with E-state index in [1.807, 2.05) is 41.5 Å². The molecule has 0 radical (unpaired) electrons. The lowest BCUT2D eigenvalue weighted by atomic mass is 9.85. The number of likely N-dealkylation sites (tertiary alicyclic amines) is 1. The number of rotatable bonds is 13. The van der Waals surface area contributed by atoms with Gasteiger partial charge in [0.1, 0.15) is 12.1 Å². The Balaban J connectivity index is 1.32. The molecule has 282 valence electrons. The topological polar surface area (TPSA) is 174 Å². The fraction of sp³-hybridized carbons (Fsp3) is 0.694. The van der Waals surface area contributed by atoms with Crippen molar-refractivity contribution in [2.45, 2.75) is 110 Å². The molecule has 1 aromatic rings. The maximum atomic E-state index is 14.5. The van der Waals surface area contributed by atoms with Gasteiger partial charge in [-0.05, 0) is 51.9 Å². The number of fused-ring (bicyclic) bond motifs is 2. The minimum atomic E-state index is -3.69. The fourth-order valence-corrected chi connectivity index (χ4v) is 10.4. The molecule has 1 unspecified atom stereocenters. The second-order valence-electron chi connectivity index (χ2n) is 17.3. The first-order chi connectivity index (χ1) is 23.6. The predicted octanol–water partition coefficient (Wildman–Crippen LogP) is 3.02. The van der Waals surface area contributed by atoms with Crippen molar-refractivity contribution in [3.63, 3.8) is 0 Å². The molecule has 0 aromatic carbocycles. The number of carbonyl (C=O) groups is 5. The third-order valence-corrected chi connectivity index (χ3v) is 14.0. The van der Waals surface area contributed by atoms with Crippen LogP contribution in [-0.2, 0) is 35.7 Å². The van der Waals surface area contributed by atoms with Crippen molar-refractivity contribution in [1.29, 1.82) is 0 Å². The summed E-state index contributed by atoms with van der Waals surface area (Å²) in [5, 5.41) is 12.9. The van der Waals surface area contributed by atoms with Crippen LogP contribution in [0.1, 0.15) is 79.5 Å². The lowest BCUT2D eigenvalue weighted by molar-refractivity contribution is -0.145. The van der Waals surface area contributed by atoms with Crippen molar-refractivity contribution >= 4 is 50.9 Å². The minimum absolute atomic E-state index is 0.0496. The van der Waals surface area contributed by atoms with Crippen LogP contribution in [0.15, 0.2) is 29.0 Å². The van der Waals surface area contributed by atoms with Crippen molar-refractivity contribution in [2.24, 2.45) is 34.0 Å². The van der Waals surface area contributed by atoms with Crippen LogP contribution >= 0.6 is 11.3 Å². The number of amides is 5. The number of hydrogen-bond acceptors (Lipinski definition) is 8. The molecule has 2 aliphatic carbocycles. The number of nitrogens with one attached hydrogen (secondary N) is 4. The van der Waals surface area contributed by atoms with Gasteiger partial charge in [0.2, 0.25) is 27.6 Å². The number of thiophene rings is 1. The summed E-state index contributed by atoms with van der Waals surface area (Å²) in [6.45, 7) is 19.6. The third-order valence-electron chi connectivity index (χ3n) is 11.1. The van der Waals surface area contributed by atoms with Crippen molar-refractivity contribution < 1.29 is 32.4 Å². The van der Waals surface area contributed by atoms with Gasteiger partial charge in [0.15, 0.2) is 0 Å². The predicted molar refractivity (Wildman–Crippen MR) is 194 cm³/mol. The summed E-state index contributed by atoms with van der Waals surface area (Å²) in [5.41, 5.74) is -1.52. The number of urea groups is 1. The maximum absolute atomic E-state index is 14.5. The number of Topliss-reactive ketones (excluding diaryl/α,β-unsaturated/α-hetero) is 1. The van der Waals surface area contributed by atoms with E-state index < -0.39 is 74.6 Å². The van der Waals surface area contributed by atoms with Gasteiger partial charge in [-0.3, -0.25) is 19.2 Å². The standard InChI is InChI=1S/C36H54N6O7S2/c1-10-14-37-31(45)28(43)22(16-20-11-12-20)38-30(44)27-26-21(36(26,8)9)17-42(27)32(46)29(35(5,6)7)40-33(47)39-25(34(2,3)4)19-41-18-23-24(13-15-50-23)51(41,48)49/h10,13,15,20-22,25-27,29H,1,11-12,14,16-19H2,2-9H3,(H,37,45)(H,38,44)(H2,39,40,47)/t21-,22?,25+,26-,27-,29+/m0/s1. The minimum Gasteiger partial charge on any atom is -0.346 e. The first kappa shape index (κ1) is 38.9. The van der Waals surface area contributed by atoms with Gasteiger partial charge in [0.25, 0.3) is 5.91 Å². The Kier molecular flexibility index (Phi) is 10.6. The van der Waals surface area contributed by atoms with E-state index in [4.69, 9.17) is 0 Å². The lowest BCUT2D eigenvalue weighted by Gasteiger charge is -2.39. The molecule has 4 aliphatic rings. The number of hydrogen-bond donors (Lipinski definition) is 4. The Labute approximate surface area is 305 Å². The highest BCUT2D eigenvalue weighted by Gasteiger charge is 2.70. The summed E-state index contributed by atoms with van der Waals surface area (Å²) in [6, 6.07) is -2.56. The smallest absolute Gasteiger partial charge is 0.315 e. The molecule has 13 nitrogen and oxygen atoms in total. The zero-order valence-electron chi connectivity index (χ0n) is 31.0. The molecule has 4 N–H and O–H groups in total. The maximum Gasteiger partial charge on any atom is 0.315 e. The molecule has 3 fully saturated rings. The van der Waals surface area contributed by atoms with E-state index in [9.17, 15) is 32.4 Å². The first-order valence-electron chi connectivity index (χ1n) is 17.8. The molecule has 0 bridgehead atoms. The molecule has 51 heavy (non-hydrogen) atoms. The molecule has 1 aromatic heterocycles. The molecular formula is C36H54N6O7S2. The van der Waals surface area contributed by atoms with Gasteiger partial charge in [0.05, 0.1) is 10.9 Å². The number of piperidine rings is 1. The fourth-order valence-electron chi connectivity index (χ4n) is 7.51. The van der Waals surface area contributed by atoms with Gasteiger partial charge < -0.3 is 26.2 Å². The van der Waals surface area contributed by atoms with Crippen molar-refractivity contribution in [1.82, 2.24) is 30.5 Å². The summed E-state index contributed by atoms with van der Waals surface area (Å²) in [4.78, 5) is 70.7. The zero-order chi connectivity index (χ0) is 37.8.